The Labute approximate surface area is 166 Å². The normalized spacial score (nSPS) is 16.4. The molecule has 0 saturated carbocycles. The lowest BCUT2D eigenvalue weighted by atomic mass is 9.95. The van der Waals surface area contributed by atoms with Crippen molar-refractivity contribution in [2.24, 2.45) is 5.73 Å². The molecule has 0 radical (unpaired) electrons. The molecule has 0 bridgehead atoms. The number of nitrogens with two attached hydrogens (primary N) is 1. The molecule has 0 spiro atoms. The van der Waals surface area contributed by atoms with Crippen LogP contribution in [-0.4, -0.2) is 34.8 Å². The van der Waals surface area contributed by atoms with E-state index in [1.807, 2.05) is 30.3 Å². The molecule has 1 aliphatic rings. The number of rotatable bonds is 5. The molecule has 3 aromatic rings. The third-order valence-electron chi connectivity index (χ3n) is 5.03. The molecule has 0 aromatic heterocycles. The molecule has 2 unspecified atom stereocenters. The summed E-state index contributed by atoms with van der Waals surface area (Å²) in [6.45, 7) is 0. The van der Waals surface area contributed by atoms with Crippen LogP contribution < -0.4 is 16.4 Å². The van der Waals surface area contributed by atoms with Crippen LogP contribution in [0.5, 0.6) is 0 Å². The molecule has 1 amide bonds. The summed E-state index contributed by atoms with van der Waals surface area (Å²) in [6.07, 6.45) is 0.0776. The minimum absolute atomic E-state index is 0.0776. The zero-order valence-corrected chi connectivity index (χ0v) is 15.4. The summed E-state index contributed by atoms with van der Waals surface area (Å²) in [7, 11) is 0. The van der Waals surface area contributed by atoms with E-state index < -0.39 is 18.1 Å². The number of carbonyl (C=O) groups is 3. The molecule has 4 rings (SSSR count). The minimum Gasteiger partial charge on any atom is -0.478 e. The minimum atomic E-state index is -1.06. The van der Waals surface area contributed by atoms with Crippen LogP contribution in [0.1, 0.15) is 27.1 Å². The lowest BCUT2D eigenvalue weighted by molar-refractivity contribution is -0.117. The Balaban J connectivity index is 1.51. The third-order valence-corrected chi connectivity index (χ3v) is 5.03. The first kappa shape index (κ1) is 18.6. The molecule has 29 heavy (non-hydrogen) atoms. The highest BCUT2D eigenvalue weighted by Crippen LogP contribution is 2.29. The molecule has 7 heteroatoms. The van der Waals surface area contributed by atoms with E-state index in [-0.39, 0.29) is 23.7 Å². The lowest BCUT2D eigenvalue weighted by Crippen LogP contribution is -2.45. The molecular weight excluding hydrogens is 370 g/mol. The van der Waals surface area contributed by atoms with Crippen LogP contribution in [-0.2, 0) is 4.79 Å². The van der Waals surface area contributed by atoms with Crippen molar-refractivity contribution in [2.45, 2.75) is 18.5 Å². The van der Waals surface area contributed by atoms with Gasteiger partial charge in [0.1, 0.15) is 6.04 Å². The van der Waals surface area contributed by atoms with Crippen LogP contribution in [0.15, 0.2) is 60.7 Å². The van der Waals surface area contributed by atoms with Gasteiger partial charge in [0.2, 0.25) is 5.91 Å². The maximum atomic E-state index is 12.8. The SMILES string of the molecule is NC(CC1Nc2cc(C(=O)O)ccc2NC1=O)C(=O)c1ccc2ccccc2c1. The van der Waals surface area contributed by atoms with Gasteiger partial charge in [-0.2, -0.15) is 0 Å². The number of Topliss-reactive ketones (excluding diaryl/α,β-unsaturated/α-hetero) is 1. The van der Waals surface area contributed by atoms with E-state index in [1.165, 1.54) is 18.2 Å². The van der Waals surface area contributed by atoms with Gasteiger partial charge < -0.3 is 21.5 Å². The van der Waals surface area contributed by atoms with Crippen LogP contribution >= 0.6 is 0 Å². The Morgan fingerprint density at radius 1 is 0.966 bits per heavy atom. The highest BCUT2D eigenvalue weighted by molar-refractivity contribution is 6.06. The quantitative estimate of drug-likeness (QED) is 0.498. The van der Waals surface area contributed by atoms with Crippen molar-refractivity contribution in [3.05, 3.63) is 71.8 Å². The number of fused-ring (bicyclic) bond motifs is 2. The van der Waals surface area contributed by atoms with Gasteiger partial charge in [-0.1, -0.05) is 36.4 Å². The van der Waals surface area contributed by atoms with Gasteiger partial charge in [0.05, 0.1) is 23.0 Å². The lowest BCUT2D eigenvalue weighted by Gasteiger charge is -2.28. The fourth-order valence-corrected chi connectivity index (χ4v) is 3.46. The Morgan fingerprint density at radius 2 is 1.69 bits per heavy atom. The number of nitrogens with one attached hydrogen (secondary N) is 2. The first-order valence-corrected chi connectivity index (χ1v) is 9.16. The molecule has 2 atom stereocenters. The van der Waals surface area contributed by atoms with E-state index in [1.54, 1.807) is 12.1 Å². The van der Waals surface area contributed by atoms with Gasteiger partial charge in [0, 0.05) is 5.56 Å². The Hall–Kier alpha value is -3.71. The van der Waals surface area contributed by atoms with E-state index in [4.69, 9.17) is 10.8 Å². The maximum absolute atomic E-state index is 12.8. The second kappa shape index (κ2) is 7.37. The van der Waals surface area contributed by atoms with Crippen LogP contribution in [0, 0.1) is 0 Å². The van der Waals surface area contributed by atoms with Crippen molar-refractivity contribution in [2.75, 3.05) is 10.6 Å². The van der Waals surface area contributed by atoms with Crippen molar-refractivity contribution in [3.8, 4) is 0 Å². The van der Waals surface area contributed by atoms with E-state index in [0.29, 0.717) is 16.9 Å². The molecule has 0 saturated heterocycles. The summed E-state index contributed by atoms with van der Waals surface area (Å²) >= 11 is 0. The molecular formula is C22H19N3O4. The largest absolute Gasteiger partial charge is 0.478 e. The van der Waals surface area contributed by atoms with E-state index in [2.05, 4.69) is 10.6 Å². The zero-order valence-electron chi connectivity index (χ0n) is 15.4. The van der Waals surface area contributed by atoms with Gasteiger partial charge in [-0.05, 0) is 41.5 Å². The summed E-state index contributed by atoms with van der Waals surface area (Å²) in [5.41, 5.74) is 7.68. The van der Waals surface area contributed by atoms with Crippen molar-refractivity contribution < 1.29 is 19.5 Å². The maximum Gasteiger partial charge on any atom is 0.335 e. The average Bonchev–Trinajstić information content (AvgIpc) is 2.72. The molecule has 7 nitrogen and oxygen atoms in total. The molecule has 5 N–H and O–H groups in total. The summed E-state index contributed by atoms with van der Waals surface area (Å²) in [4.78, 5) is 36.4. The van der Waals surface area contributed by atoms with Gasteiger partial charge >= 0.3 is 5.97 Å². The standard InChI is InChI=1S/C22H19N3O4/c23-16(20(26)14-6-5-12-3-1-2-4-13(12)9-14)11-19-21(27)25-17-8-7-15(22(28)29)10-18(17)24-19/h1-10,16,19,24H,11,23H2,(H,25,27)(H,28,29). The second-order valence-electron chi connectivity index (χ2n) is 7.02. The van der Waals surface area contributed by atoms with Gasteiger partial charge in [0.15, 0.2) is 5.78 Å². The molecule has 146 valence electrons. The number of ketones is 1. The van der Waals surface area contributed by atoms with E-state index >= 15 is 0 Å². The first-order valence-electron chi connectivity index (χ1n) is 9.16. The predicted molar refractivity (Wildman–Crippen MR) is 110 cm³/mol. The van der Waals surface area contributed by atoms with Crippen LogP contribution in [0.25, 0.3) is 10.8 Å². The third kappa shape index (κ3) is 3.68. The number of carboxylic acids is 1. The molecule has 0 fully saturated rings. The van der Waals surface area contributed by atoms with Gasteiger partial charge in [-0.15, -0.1) is 0 Å². The number of aromatic carboxylic acids is 1. The van der Waals surface area contributed by atoms with Crippen molar-refractivity contribution in [1.29, 1.82) is 0 Å². The first-order chi connectivity index (χ1) is 13.9. The highest BCUT2D eigenvalue weighted by atomic mass is 16.4. The van der Waals surface area contributed by atoms with Gasteiger partial charge in [-0.25, -0.2) is 4.79 Å². The van der Waals surface area contributed by atoms with Crippen LogP contribution in [0.4, 0.5) is 11.4 Å². The molecule has 0 aliphatic carbocycles. The predicted octanol–water partition coefficient (Wildman–Crippen LogP) is 2.87. The monoisotopic (exact) mass is 389 g/mol. The number of hydrogen-bond donors (Lipinski definition) is 4. The fraction of sp³-hybridized carbons (Fsp3) is 0.136. The van der Waals surface area contributed by atoms with Gasteiger partial charge in [0.25, 0.3) is 0 Å². The zero-order chi connectivity index (χ0) is 20.5. The average molecular weight is 389 g/mol. The summed E-state index contributed by atoms with van der Waals surface area (Å²) < 4.78 is 0. The number of benzene rings is 3. The highest BCUT2D eigenvalue weighted by Gasteiger charge is 2.30. The van der Waals surface area contributed by atoms with Crippen molar-refractivity contribution in [1.82, 2.24) is 0 Å². The topological polar surface area (TPSA) is 122 Å². The Morgan fingerprint density at radius 3 is 2.45 bits per heavy atom. The Kier molecular flexibility index (Phi) is 4.74. The smallest absolute Gasteiger partial charge is 0.335 e. The second-order valence-corrected chi connectivity index (χ2v) is 7.02. The van der Waals surface area contributed by atoms with E-state index in [9.17, 15) is 14.4 Å². The summed E-state index contributed by atoms with van der Waals surface area (Å²) in [5.74, 6) is -1.64. The van der Waals surface area contributed by atoms with Crippen molar-refractivity contribution in [3.63, 3.8) is 0 Å². The fourth-order valence-electron chi connectivity index (χ4n) is 3.46. The van der Waals surface area contributed by atoms with E-state index in [0.717, 1.165) is 10.8 Å². The van der Waals surface area contributed by atoms with Crippen molar-refractivity contribution >= 4 is 39.8 Å². The molecule has 3 aromatic carbocycles. The number of anilines is 2. The Bertz CT molecular complexity index is 1140. The van der Waals surface area contributed by atoms with Gasteiger partial charge in [-0.3, -0.25) is 9.59 Å². The molecule has 1 aliphatic heterocycles. The number of carboxylic acid groups (broad SMARTS) is 1. The van der Waals surface area contributed by atoms with Crippen LogP contribution in [0.2, 0.25) is 0 Å². The number of amides is 1. The number of carbonyl (C=O) groups excluding carboxylic acids is 2. The summed E-state index contributed by atoms with van der Waals surface area (Å²) in [5, 5.41) is 16.8. The molecule has 1 heterocycles. The summed E-state index contributed by atoms with van der Waals surface area (Å²) in [6, 6.07) is 15.9. The van der Waals surface area contributed by atoms with Crippen LogP contribution in [0.3, 0.4) is 0 Å². The number of hydrogen-bond acceptors (Lipinski definition) is 5.